The summed E-state index contributed by atoms with van der Waals surface area (Å²) in [6.45, 7) is 0.165. The third kappa shape index (κ3) is 4.35. The monoisotopic (exact) mass is 393 g/mol. The van der Waals surface area contributed by atoms with Gasteiger partial charge in [-0.3, -0.25) is 20.4 Å². The van der Waals surface area contributed by atoms with Crippen LogP contribution in [-0.2, 0) is 6.61 Å². The van der Waals surface area contributed by atoms with E-state index in [0.717, 1.165) is 0 Å². The van der Waals surface area contributed by atoms with E-state index in [1.165, 1.54) is 18.4 Å². The standard InChI is InChI=1S/C20H15N3O6/c24-19(15-11-18(29-23-15)16-7-4-10-26-16)21-22-20(25)17-9-8-14(28-17)12-27-13-5-2-1-3-6-13/h1-11H,12H2,(H,21,24)(H,22,25). The summed E-state index contributed by atoms with van der Waals surface area (Å²) >= 11 is 0. The number of carbonyl (C=O) groups excluding carboxylic acids is 2. The molecule has 2 N–H and O–H groups in total. The Morgan fingerprint density at radius 1 is 0.931 bits per heavy atom. The molecule has 29 heavy (non-hydrogen) atoms. The average molecular weight is 393 g/mol. The largest absolute Gasteiger partial charge is 0.486 e. The van der Waals surface area contributed by atoms with E-state index in [1.807, 2.05) is 30.3 Å². The Morgan fingerprint density at radius 3 is 2.55 bits per heavy atom. The molecule has 0 saturated heterocycles. The van der Waals surface area contributed by atoms with Gasteiger partial charge in [-0.05, 0) is 36.4 Å². The highest BCUT2D eigenvalue weighted by molar-refractivity contribution is 5.97. The second-order valence-electron chi connectivity index (χ2n) is 5.83. The summed E-state index contributed by atoms with van der Waals surface area (Å²) in [5.74, 6) is 0.613. The zero-order chi connectivity index (χ0) is 20.1. The number of furan rings is 2. The van der Waals surface area contributed by atoms with Crippen LogP contribution in [0.25, 0.3) is 11.5 Å². The number of ether oxygens (including phenoxy) is 1. The van der Waals surface area contributed by atoms with Crippen molar-refractivity contribution in [2.45, 2.75) is 6.61 Å². The van der Waals surface area contributed by atoms with Gasteiger partial charge < -0.3 is 18.1 Å². The number of amides is 2. The van der Waals surface area contributed by atoms with E-state index in [2.05, 4.69) is 16.0 Å². The highest BCUT2D eigenvalue weighted by Crippen LogP contribution is 2.20. The van der Waals surface area contributed by atoms with Crippen LogP contribution in [0, 0.1) is 0 Å². The Hall–Kier alpha value is -4.27. The number of nitrogens with zero attached hydrogens (tertiary/aromatic N) is 1. The van der Waals surface area contributed by atoms with Crippen molar-refractivity contribution >= 4 is 11.8 Å². The molecule has 0 bridgehead atoms. The summed E-state index contributed by atoms with van der Waals surface area (Å²) in [6.07, 6.45) is 1.47. The normalized spacial score (nSPS) is 10.5. The molecule has 0 aliphatic rings. The number of hydrogen-bond donors (Lipinski definition) is 2. The Balaban J connectivity index is 1.29. The first-order valence-electron chi connectivity index (χ1n) is 8.57. The van der Waals surface area contributed by atoms with Gasteiger partial charge in [-0.1, -0.05) is 23.4 Å². The molecular formula is C20H15N3O6. The zero-order valence-corrected chi connectivity index (χ0v) is 15.0. The van der Waals surface area contributed by atoms with Crippen LogP contribution in [-0.4, -0.2) is 17.0 Å². The molecule has 1 aromatic carbocycles. The van der Waals surface area contributed by atoms with Crippen LogP contribution in [0.5, 0.6) is 5.75 Å². The van der Waals surface area contributed by atoms with Gasteiger partial charge in [0.05, 0.1) is 6.26 Å². The van der Waals surface area contributed by atoms with E-state index < -0.39 is 11.8 Å². The topological polar surface area (TPSA) is 120 Å². The van der Waals surface area contributed by atoms with Crippen molar-refractivity contribution in [2.75, 3.05) is 0 Å². The second-order valence-corrected chi connectivity index (χ2v) is 5.83. The quantitative estimate of drug-likeness (QED) is 0.483. The van der Waals surface area contributed by atoms with Gasteiger partial charge in [0, 0.05) is 6.07 Å². The van der Waals surface area contributed by atoms with Gasteiger partial charge in [0.25, 0.3) is 5.91 Å². The summed E-state index contributed by atoms with van der Waals surface area (Å²) in [5.41, 5.74) is 4.47. The molecule has 0 unspecified atom stereocenters. The molecule has 146 valence electrons. The maximum atomic E-state index is 12.1. The van der Waals surface area contributed by atoms with Crippen molar-refractivity contribution in [1.29, 1.82) is 0 Å². The number of para-hydroxylation sites is 1. The lowest BCUT2D eigenvalue weighted by Crippen LogP contribution is -2.41. The molecule has 0 atom stereocenters. The SMILES string of the molecule is O=C(NNC(=O)c1ccc(COc2ccccc2)o1)c1cc(-c2ccco2)on1. The van der Waals surface area contributed by atoms with Crippen LogP contribution in [0.3, 0.4) is 0 Å². The molecule has 3 aromatic heterocycles. The van der Waals surface area contributed by atoms with Crippen molar-refractivity contribution in [3.05, 3.63) is 84.1 Å². The Bertz CT molecular complexity index is 1100. The lowest BCUT2D eigenvalue weighted by Gasteiger charge is -2.04. The summed E-state index contributed by atoms with van der Waals surface area (Å²) in [4.78, 5) is 24.2. The minimum absolute atomic E-state index is 0.0203. The second kappa shape index (κ2) is 8.17. The molecule has 0 aliphatic heterocycles. The van der Waals surface area contributed by atoms with Crippen LogP contribution >= 0.6 is 0 Å². The average Bonchev–Trinajstić information content (AvgIpc) is 3.51. The molecule has 4 rings (SSSR count). The van der Waals surface area contributed by atoms with Gasteiger partial charge >= 0.3 is 5.91 Å². The molecule has 3 heterocycles. The van der Waals surface area contributed by atoms with E-state index in [4.69, 9.17) is 18.1 Å². The minimum atomic E-state index is -0.654. The van der Waals surface area contributed by atoms with Crippen molar-refractivity contribution in [2.24, 2.45) is 0 Å². The number of hydrogen-bond acceptors (Lipinski definition) is 7. The van der Waals surface area contributed by atoms with Gasteiger partial charge in [0.2, 0.25) is 5.76 Å². The van der Waals surface area contributed by atoms with Crippen LogP contribution in [0.4, 0.5) is 0 Å². The molecule has 0 spiro atoms. The fourth-order valence-corrected chi connectivity index (χ4v) is 2.40. The number of rotatable bonds is 6. The van der Waals surface area contributed by atoms with Gasteiger partial charge in [0.15, 0.2) is 17.2 Å². The summed E-state index contributed by atoms with van der Waals surface area (Å²) in [6, 6.07) is 17.1. The molecule has 2 amide bonds. The number of aromatic nitrogens is 1. The lowest BCUT2D eigenvalue weighted by atomic mass is 10.3. The summed E-state index contributed by atoms with van der Waals surface area (Å²) in [5, 5.41) is 3.64. The maximum absolute atomic E-state index is 12.1. The van der Waals surface area contributed by atoms with Crippen LogP contribution < -0.4 is 15.6 Å². The van der Waals surface area contributed by atoms with E-state index >= 15 is 0 Å². The zero-order valence-electron chi connectivity index (χ0n) is 15.0. The minimum Gasteiger partial charge on any atom is -0.486 e. The van der Waals surface area contributed by atoms with Gasteiger partial charge in [-0.2, -0.15) is 0 Å². The van der Waals surface area contributed by atoms with E-state index in [1.54, 1.807) is 18.2 Å². The van der Waals surface area contributed by atoms with Crippen LogP contribution in [0.15, 0.2) is 80.3 Å². The Morgan fingerprint density at radius 2 is 1.76 bits per heavy atom. The van der Waals surface area contributed by atoms with E-state index in [0.29, 0.717) is 23.0 Å². The number of hydrazine groups is 1. The predicted molar refractivity (Wildman–Crippen MR) is 98.6 cm³/mol. The van der Waals surface area contributed by atoms with Gasteiger partial charge in [-0.15, -0.1) is 0 Å². The van der Waals surface area contributed by atoms with E-state index in [9.17, 15) is 9.59 Å². The summed E-state index contributed by atoms with van der Waals surface area (Å²) in [7, 11) is 0. The third-order valence-corrected chi connectivity index (χ3v) is 3.81. The molecule has 0 aliphatic carbocycles. The Kier molecular flexibility index (Phi) is 5.10. The predicted octanol–water partition coefficient (Wildman–Crippen LogP) is 3.18. The number of carbonyl (C=O) groups is 2. The molecule has 0 radical (unpaired) electrons. The van der Waals surface area contributed by atoms with Gasteiger partial charge in [0.1, 0.15) is 18.1 Å². The first-order valence-corrected chi connectivity index (χ1v) is 8.57. The fourth-order valence-electron chi connectivity index (χ4n) is 2.40. The summed E-state index contributed by atoms with van der Waals surface area (Å²) < 4.78 is 21.2. The highest BCUT2D eigenvalue weighted by Gasteiger charge is 2.17. The fraction of sp³-hybridized carbons (Fsp3) is 0.0500. The molecule has 0 saturated carbocycles. The number of nitrogens with one attached hydrogen (secondary N) is 2. The van der Waals surface area contributed by atoms with Crippen molar-refractivity contribution < 1.29 is 27.7 Å². The van der Waals surface area contributed by atoms with Crippen LogP contribution in [0.1, 0.15) is 26.8 Å². The maximum Gasteiger partial charge on any atom is 0.305 e. The third-order valence-electron chi connectivity index (χ3n) is 3.81. The molecular weight excluding hydrogens is 378 g/mol. The first-order chi connectivity index (χ1) is 14.2. The van der Waals surface area contributed by atoms with Crippen LogP contribution in [0.2, 0.25) is 0 Å². The smallest absolute Gasteiger partial charge is 0.305 e. The van der Waals surface area contributed by atoms with Gasteiger partial charge in [-0.25, -0.2) is 0 Å². The molecule has 0 fully saturated rings. The first kappa shape index (κ1) is 18.1. The molecule has 4 aromatic rings. The van der Waals surface area contributed by atoms with Crippen molar-refractivity contribution in [3.8, 4) is 17.3 Å². The molecule has 9 heteroatoms. The highest BCUT2D eigenvalue weighted by atomic mass is 16.5. The Labute approximate surface area is 164 Å². The van der Waals surface area contributed by atoms with Crippen molar-refractivity contribution in [3.63, 3.8) is 0 Å². The van der Waals surface area contributed by atoms with E-state index in [-0.39, 0.29) is 18.1 Å². The van der Waals surface area contributed by atoms with Crippen molar-refractivity contribution in [1.82, 2.24) is 16.0 Å². The molecule has 9 nitrogen and oxygen atoms in total. The number of benzene rings is 1. The lowest BCUT2D eigenvalue weighted by molar-refractivity contribution is 0.0824.